The smallest absolute Gasteiger partial charge is 0.262 e. The van der Waals surface area contributed by atoms with Crippen LogP contribution in [0.5, 0.6) is 0 Å². The number of hydrogen-bond acceptors (Lipinski definition) is 4. The lowest BCUT2D eigenvalue weighted by Gasteiger charge is -2.15. The van der Waals surface area contributed by atoms with Crippen LogP contribution >= 0.6 is 11.8 Å². The Balaban J connectivity index is 1.68. The number of fused-ring (bicyclic) bond motifs is 1. The highest BCUT2D eigenvalue weighted by molar-refractivity contribution is 8.00. The van der Waals surface area contributed by atoms with Crippen LogP contribution in [0.15, 0.2) is 34.2 Å². The molecule has 1 aromatic heterocycles. The Morgan fingerprint density at radius 2 is 2.04 bits per heavy atom. The molecule has 0 radical (unpaired) electrons. The third kappa shape index (κ3) is 3.00. The van der Waals surface area contributed by atoms with Gasteiger partial charge in [0.05, 0.1) is 16.2 Å². The van der Waals surface area contributed by atoms with Crippen molar-refractivity contribution < 1.29 is 4.79 Å². The van der Waals surface area contributed by atoms with Gasteiger partial charge in [-0.05, 0) is 44.7 Å². The molecule has 1 heterocycles. The SMILES string of the molecule is C[C@@H](Sc1nc2ccccc2c(=O)n1C1CC1)C(=O)NC1CC1. The first-order chi connectivity index (χ1) is 11.1. The van der Waals surface area contributed by atoms with Crippen molar-refractivity contribution in [1.82, 2.24) is 14.9 Å². The van der Waals surface area contributed by atoms with Crippen LogP contribution in [0.25, 0.3) is 10.9 Å². The fourth-order valence-corrected chi connectivity index (χ4v) is 3.61. The van der Waals surface area contributed by atoms with Gasteiger partial charge in [0.25, 0.3) is 5.56 Å². The third-order valence-corrected chi connectivity index (χ3v) is 5.33. The lowest BCUT2D eigenvalue weighted by Crippen LogP contribution is -2.33. The predicted octanol–water partition coefficient (Wildman–Crippen LogP) is 2.49. The van der Waals surface area contributed by atoms with Gasteiger partial charge in [-0.25, -0.2) is 4.98 Å². The predicted molar refractivity (Wildman–Crippen MR) is 90.8 cm³/mol. The van der Waals surface area contributed by atoms with Crippen molar-refractivity contribution in [3.05, 3.63) is 34.6 Å². The highest BCUT2D eigenvalue weighted by atomic mass is 32.2. The summed E-state index contributed by atoms with van der Waals surface area (Å²) in [4.78, 5) is 29.6. The van der Waals surface area contributed by atoms with E-state index < -0.39 is 0 Å². The maximum Gasteiger partial charge on any atom is 0.262 e. The van der Waals surface area contributed by atoms with E-state index in [-0.39, 0.29) is 22.8 Å². The number of hydrogen-bond donors (Lipinski definition) is 1. The third-order valence-electron chi connectivity index (χ3n) is 4.26. The van der Waals surface area contributed by atoms with Crippen LogP contribution in [0.1, 0.15) is 38.6 Å². The maximum atomic E-state index is 12.8. The molecule has 2 aliphatic rings. The van der Waals surface area contributed by atoms with E-state index in [9.17, 15) is 9.59 Å². The molecule has 0 aliphatic heterocycles. The standard InChI is InChI=1S/C17H19N3O2S/c1-10(15(21)18-11-6-7-11)23-17-19-14-5-3-2-4-13(14)16(22)20(17)12-8-9-12/h2-5,10-12H,6-9H2,1H3,(H,18,21)/t10-/m1/s1. The van der Waals surface area contributed by atoms with E-state index in [2.05, 4.69) is 10.3 Å². The zero-order chi connectivity index (χ0) is 16.0. The van der Waals surface area contributed by atoms with Crippen LogP contribution in [0.4, 0.5) is 0 Å². The number of nitrogens with zero attached hydrogens (tertiary/aromatic N) is 2. The average Bonchev–Trinajstić information content (AvgIpc) is 3.42. The number of amides is 1. The number of carbonyl (C=O) groups is 1. The molecule has 1 atom stereocenters. The van der Waals surface area contributed by atoms with Gasteiger partial charge >= 0.3 is 0 Å². The van der Waals surface area contributed by atoms with Gasteiger partial charge in [0.2, 0.25) is 5.91 Å². The van der Waals surface area contributed by atoms with Crippen molar-refractivity contribution in [2.24, 2.45) is 0 Å². The fourth-order valence-electron chi connectivity index (χ4n) is 2.62. The van der Waals surface area contributed by atoms with Crippen LogP contribution in [-0.2, 0) is 4.79 Å². The molecule has 1 N–H and O–H groups in total. The summed E-state index contributed by atoms with van der Waals surface area (Å²) in [6.07, 6.45) is 4.17. The highest BCUT2D eigenvalue weighted by Gasteiger charge is 2.31. The van der Waals surface area contributed by atoms with Gasteiger partial charge < -0.3 is 5.32 Å². The Kier molecular flexibility index (Phi) is 3.64. The molecule has 2 aliphatic carbocycles. The molecule has 5 nitrogen and oxygen atoms in total. The molecule has 4 rings (SSSR count). The summed E-state index contributed by atoms with van der Waals surface area (Å²) in [5.74, 6) is 0.0299. The van der Waals surface area contributed by atoms with Gasteiger partial charge in [-0.15, -0.1) is 0 Å². The van der Waals surface area contributed by atoms with E-state index in [1.807, 2.05) is 31.2 Å². The van der Waals surface area contributed by atoms with Gasteiger partial charge in [-0.3, -0.25) is 14.2 Å². The van der Waals surface area contributed by atoms with Crippen LogP contribution in [0, 0.1) is 0 Å². The van der Waals surface area contributed by atoms with Crippen LogP contribution < -0.4 is 10.9 Å². The molecule has 0 saturated heterocycles. The maximum absolute atomic E-state index is 12.8. The summed E-state index contributed by atoms with van der Waals surface area (Å²) in [7, 11) is 0. The van der Waals surface area contributed by atoms with Crippen LogP contribution in [-0.4, -0.2) is 26.8 Å². The zero-order valence-corrected chi connectivity index (χ0v) is 13.8. The first-order valence-corrected chi connectivity index (χ1v) is 9.00. The van der Waals surface area contributed by atoms with Crippen molar-refractivity contribution in [3.8, 4) is 0 Å². The molecule has 1 aromatic carbocycles. The summed E-state index contributed by atoms with van der Waals surface area (Å²) in [6, 6.07) is 8.00. The minimum absolute atomic E-state index is 0.00963. The van der Waals surface area contributed by atoms with E-state index in [4.69, 9.17) is 0 Å². The zero-order valence-electron chi connectivity index (χ0n) is 13.0. The topological polar surface area (TPSA) is 64.0 Å². The second-order valence-electron chi connectivity index (χ2n) is 6.36. The van der Waals surface area contributed by atoms with Gasteiger partial charge in [0.1, 0.15) is 0 Å². The molecule has 2 aromatic rings. The number of benzene rings is 1. The minimum atomic E-state index is -0.256. The summed E-state index contributed by atoms with van der Waals surface area (Å²) in [5.41, 5.74) is 0.710. The Hall–Kier alpha value is -1.82. The van der Waals surface area contributed by atoms with Crippen molar-refractivity contribution in [3.63, 3.8) is 0 Å². The van der Waals surface area contributed by atoms with Crippen molar-refractivity contribution in [2.45, 2.75) is 55.1 Å². The Morgan fingerprint density at radius 1 is 1.30 bits per heavy atom. The van der Waals surface area contributed by atoms with E-state index >= 15 is 0 Å². The molecular weight excluding hydrogens is 310 g/mol. The Bertz CT molecular complexity index is 824. The van der Waals surface area contributed by atoms with E-state index in [1.54, 1.807) is 4.57 Å². The summed E-state index contributed by atoms with van der Waals surface area (Å²) in [6.45, 7) is 1.88. The molecule has 0 unspecified atom stereocenters. The molecular formula is C17H19N3O2S. The second kappa shape index (κ2) is 5.67. The van der Waals surface area contributed by atoms with Crippen molar-refractivity contribution in [1.29, 1.82) is 0 Å². The fraction of sp³-hybridized carbons (Fsp3) is 0.471. The van der Waals surface area contributed by atoms with Crippen molar-refractivity contribution in [2.75, 3.05) is 0 Å². The summed E-state index contributed by atoms with van der Waals surface area (Å²) in [5, 5.41) is 4.07. The molecule has 120 valence electrons. The minimum Gasteiger partial charge on any atom is -0.352 e. The lowest BCUT2D eigenvalue weighted by molar-refractivity contribution is -0.120. The van der Waals surface area contributed by atoms with Crippen LogP contribution in [0.3, 0.4) is 0 Å². The number of thioether (sulfide) groups is 1. The van der Waals surface area contributed by atoms with Gasteiger partial charge in [-0.2, -0.15) is 0 Å². The number of aromatic nitrogens is 2. The summed E-state index contributed by atoms with van der Waals surface area (Å²) < 4.78 is 1.79. The van der Waals surface area contributed by atoms with Gasteiger partial charge in [-0.1, -0.05) is 23.9 Å². The molecule has 2 saturated carbocycles. The van der Waals surface area contributed by atoms with Gasteiger partial charge in [0, 0.05) is 12.1 Å². The largest absolute Gasteiger partial charge is 0.352 e. The quantitative estimate of drug-likeness (QED) is 0.676. The lowest BCUT2D eigenvalue weighted by atomic mass is 10.2. The molecule has 0 bridgehead atoms. The monoisotopic (exact) mass is 329 g/mol. The molecule has 1 amide bonds. The van der Waals surface area contributed by atoms with Gasteiger partial charge in [0.15, 0.2) is 5.16 Å². The van der Waals surface area contributed by atoms with E-state index in [0.717, 1.165) is 25.7 Å². The molecule has 23 heavy (non-hydrogen) atoms. The van der Waals surface area contributed by atoms with Crippen LogP contribution in [0.2, 0.25) is 0 Å². The Morgan fingerprint density at radius 3 is 2.74 bits per heavy atom. The van der Waals surface area contributed by atoms with Crippen molar-refractivity contribution >= 4 is 28.6 Å². The normalized spacial score (nSPS) is 18.8. The second-order valence-corrected chi connectivity index (χ2v) is 7.67. The first-order valence-electron chi connectivity index (χ1n) is 8.12. The number of nitrogens with one attached hydrogen (secondary N) is 1. The first kappa shape index (κ1) is 14.8. The van der Waals surface area contributed by atoms with E-state index in [1.165, 1.54) is 11.8 Å². The van der Waals surface area contributed by atoms with E-state index in [0.29, 0.717) is 22.1 Å². The number of rotatable bonds is 5. The Labute approximate surface area is 138 Å². The number of para-hydroxylation sites is 1. The molecule has 0 spiro atoms. The highest BCUT2D eigenvalue weighted by Crippen LogP contribution is 2.37. The summed E-state index contributed by atoms with van der Waals surface area (Å²) >= 11 is 1.39. The molecule has 6 heteroatoms. The molecule has 2 fully saturated rings. The number of carbonyl (C=O) groups excluding carboxylic acids is 1. The average molecular weight is 329 g/mol.